The number of aryl methyl sites for hydroxylation is 1. The molecule has 0 spiro atoms. The van der Waals surface area contributed by atoms with Crippen molar-refractivity contribution in [2.75, 3.05) is 17.6 Å². The Balaban J connectivity index is 2.36. The van der Waals surface area contributed by atoms with Crippen molar-refractivity contribution >= 4 is 16.0 Å². The van der Waals surface area contributed by atoms with Crippen molar-refractivity contribution in [3.05, 3.63) is 5.82 Å². The highest BCUT2D eigenvalue weighted by Crippen LogP contribution is 2.00. The van der Waals surface area contributed by atoms with Gasteiger partial charge < -0.3 is 9.84 Å². The van der Waals surface area contributed by atoms with Gasteiger partial charge in [-0.15, -0.1) is 0 Å². The molecule has 3 N–H and O–H groups in total. The van der Waals surface area contributed by atoms with E-state index in [0.717, 1.165) is 0 Å². The molecule has 7 nitrogen and oxygen atoms in total. The fourth-order valence-corrected chi connectivity index (χ4v) is 1.06. The third-order valence-corrected chi connectivity index (χ3v) is 1.96. The maximum Gasteiger partial charge on any atom is 0.321 e. The molecule has 0 unspecified atom stereocenters. The summed E-state index contributed by atoms with van der Waals surface area (Å²) in [5.41, 5.74) is 0. The predicted molar refractivity (Wildman–Crippen MR) is 45.5 cm³/mol. The quantitative estimate of drug-likeness (QED) is 0.659. The van der Waals surface area contributed by atoms with Gasteiger partial charge in [-0.3, -0.25) is 0 Å². The van der Waals surface area contributed by atoms with Gasteiger partial charge in [-0.25, -0.2) is 13.6 Å². The molecule has 1 rings (SSSR count). The number of sulfonamides is 1. The molecule has 0 bridgehead atoms. The second-order valence-electron chi connectivity index (χ2n) is 2.44. The van der Waals surface area contributed by atoms with E-state index >= 15 is 0 Å². The average molecular weight is 206 g/mol. The van der Waals surface area contributed by atoms with E-state index in [-0.39, 0.29) is 18.3 Å². The lowest BCUT2D eigenvalue weighted by atomic mass is 10.7. The lowest BCUT2D eigenvalue weighted by Gasteiger charge is -1.97. The molecule has 0 amide bonds. The van der Waals surface area contributed by atoms with E-state index in [9.17, 15) is 8.42 Å². The number of primary sulfonamides is 1. The first-order chi connectivity index (χ1) is 5.97. The Morgan fingerprint density at radius 2 is 2.31 bits per heavy atom. The van der Waals surface area contributed by atoms with Gasteiger partial charge in [0.1, 0.15) is 0 Å². The van der Waals surface area contributed by atoms with Crippen molar-refractivity contribution in [3.63, 3.8) is 0 Å². The largest absolute Gasteiger partial charge is 0.337 e. The van der Waals surface area contributed by atoms with Crippen LogP contribution in [-0.4, -0.2) is 30.9 Å². The minimum atomic E-state index is -3.44. The Hall–Kier alpha value is -1.15. The molecule has 1 aromatic heterocycles. The molecule has 0 atom stereocenters. The third kappa shape index (κ3) is 3.85. The molecule has 0 aliphatic heterocycles. The summed E-state index contributed by atoms with van der Waals surface area (Å²) in [6.45, 7) is 1.81. The summed E-state index contributed by atoms with van der Waals surface area (Å²) >= 11 is 0. The number of nitrogens with zero attached hydrogens (tertiary/aromatic N) is 2. The van der Waals surface area contributed by atoms with Gasteiger partial charge in [0.15, 0.2) is 5.82 Å². The first-order valence-electron chi connectivity index (χ1n) is 3.52. The summed E-state index contributed by atoms with van der Waals surface area (Å²) in [5, 5.41) is 10.9. The molecular weight excluding hydrogens is 196 g/mol. The van der Waals surface area contributed by atoms with Crippen LogP contribution in [0.1, 0.15) is 5.82 Å². The highest BCUT2D eigenvalue weighted by Gasteiger charge is 2.04. The molecular formula is C5H10N4O3S. The van der Waals surface area contributed by atoms with E-state index in [2.05, 4.69) is 20.0 Å². The summed E-state index contributed by atoms with van der Waals surface area (Å²) in [4.78, 5) is 3.81. The van der Waals surface area contributed by atoms with E-state index < -0.39 is 10.0 Å². The summed E-state index contributed by atoms with van der Waals surface area (Å²) in [5.74, 6) is 0.312. The van der Waals surface area contributed by atoms with E-state index in [1.165, 1.54) is 0 Å². The molecule has 74 valence electrons. The molecule has 0 aromatic carbocycles. The zero-order chi connectivity index (χ0) is 9.90. The van der Waals surface area contributed by atoms with Crippen LogP contribution in [0.4, 0.5) is 6.01 Å². The number of rotatable bonds is 4. The average Bonchev–Trinajstić information content (AvgIpc) is 2.33. The maximum absolute atomic E-state index is 10.5. The minimum Gasteiger partial charge on any atom is -0.337 e. The van der Waals surface area contributed by atoms with Gasteiger partial charge in [0, 0.05) is 6.54 Å². The summed E-state index contributed by atoms with van der Waals surface area (Å²) in [7, 11) is -3.44. The summed E-state index contributed by atoms with van der Waals surface area (Å²) < 4.78 is 25.7. The number of nitrogens with one attached hydrogen (secondary N) is 1. The van der Waals surface area contributed by atoms with Gasteiger partial charge in [0.05, 0.1) is 5.75 Å². The van der Waals surface area contributed by atoms with E-state index in [4.69, 9.17) is 5.14 Å². The molecule has 13 heavy (non-hydrogen) atoms. The Morgan fingerprint density at radius 3 is 2.77 bits per heavy atom. The van der Waals surface area contributed by atoms with Gasteiger partial charge in [0.25, 0.3) is 0 Å². The van der Waals surface area contributed by atoms with Crippen molar-refractivity contribution in [2.45, 2.75) is 6.92 Å². The van der Waals surface area contributed by atoms with E-state index in [0.29, 0.717) is 5.82 Å². The number of aromatic nitrogens is 2. The van der Waals surface area contributed by atoms with Crippen molar-refractivity contribution in [1.29, 1.82) is 0 Å². The van der Waals surface area contributed by atoms with Crippen LogP contribution >= 0.6 is 0 Å². The van der Waals surface area contributed by atoms with E-state index in [1.807, 2.05) is 0 Å². The van der Waals surface area contributed by atoms with Crippen molar-refractivity contribution in [1.82, 2.24) is 10.1 Å². The topological polar surface area (TPSA) is 111 Å². The maximum atomic E-state index is 10.5. The lowest BCUT2D eigenvalue weighted by molar-refractivity contribution is 0.426. The van der Waals surface area contributed by atoms with Crippen LogP contribution in [0.25, 0.3) is 0 Å². The van der Waals surface area contributed by atoms with E-state index in [1.54, 1.807) is 6.92 Å². The predicted octanol–water partition coefficient (Wildman–Crippen LogP) is -0.922. The van der Waals surface area contributed by atoms with Crippen LogP contribution in [-0.2, 0) is 10.0 Å². The number of nitrogens with two attached hydrogens (primary N) is 1. The lowest BCUT2D eigenvalue weighted by Crippen LogP contribution is -2.22. The summed E-state index contributed by atoms with van der Waals surface area (Å²) in [6.07, 6.45) is 0. The monoisotopic (exact) mass is 206 g/mol. The second kappa shape index (κ2) is 3.71. The molecule has 1 heterocycles. The zero-order valence-corrected chi connectivity index (χ0v) is 7.84. The second-order valence-corrected chi connectivity index (χ2v) is 4.17. The summed E-state index contributed by atoms with van der Waals surface area (Å²) in [6, 6.07) is 0.196. The minimum absolute atomic E-state index is 0.153. The molecule has 0 saturated heterocycles. The first kappa shape index (κ1) is 9.93. The standard InChI is InChI=1S/C5H10N4O3S/c1-4-8-5(12-9-4)7-2-3-13(6,10)11/h2-3H2,1H3,(H2,6,10,11)(H,7,8,9). The highest BCUT2D eigenvalue weighted by atomic mass is 32.2. The number of hydrogen-bond donors (Lipinski definition) is 2. The Bertz CT molecular complexity index is 371. The molecule has 1 aromatic rings. The molecule has 0 radical (unpaired) electrons. The van der Waals surface area contributed by atoms with Crippen LogP contribution < -0.4 is 10.5 Å². The Kier molecular flexibility index (Phi) is 2.83. The van der Waals surface area contributed by atoms with Gasteiger partial charge in [-0.1, -0.05) is 5.16 Å². The van der Waals surface area contributed by atoms with Crippen LogP contribution in [0.5, 0.6) is 0 Å². The van der Waals surface area contributed by atoms with Gasteiger partial charge in [0.2, 0.25) is 10.0 Å². The first-order valence-corrected chi connectivity index (χ1v) is 5.23. The molecule has 0 saturated carbocycles. The smallest absolute Gasteiger partial charge is 0.321 e. The van der Waals surface area contributed by atoms with Gasteiger partial charge in [-0.05, 0) is 6.92 Å². The Labute approximate surface area is 75.4 Å². The zero-order valence-electron chi connectivity index (χ0n) is 7.02. The number of hydrogen-bond acceptors (Lipinski definition) is 6. The fourth-order valence-electron chi connectivity index (χ4n) is 0.669. The van der Waals surface area contributed by atoms with Crippen LogP contribution in [0.15, 0.2) is 4.52 Å². The van der Waals surface area contributed by atoms with Crippen molar-refractivity contribution < 1.29 is 12.9 Å². The number of anilines is 1. The van der Waals surface area contributed by atoms with Crippen molar-refractivity contribution in [2.24, 2.45) is 5.14 Å². The molecule has 0 fully saturated rings. The van der Waals surface area contributed by atoms with Gasteiger partial charge in [-0.2, -0.15) is 4.98 Å². The molecule has 0 aliphatic rings. The van der Waals surface area contributed by atoms with Crippen LogP contribution in [0.3, 0.4) is 0 Å². The third-order valence-electron chi connectivity index (χ3n) is 1.19. The Morgan fingerprint density at radius 1 is 1.62 bits per heavy atom. The van der Waals surface area contributed by atoms with Gasteiger partial charge >= 0.3 is 6.01 Å². The SMILES string of the molecule is Cc1noc(NCCS(N)(=O)=O)n1. The van der Waals surface area contributed by atoms with Crippen molar-refractivity contribution in [3.8, 4) is 0 Å². The van der Waals surface area contributed by atoms with Crippen LogP contribution in [0, 0.1) is 6.92 Å². The fraction of sp³-hybridized carbons (Fsp3) is 0.600. The highest BCUT2D eigenvalue weighted by molar-refractivity contribution is 7.89. The molecule has 8 heteroatoms. The molecule has 0 aliphatic carbocycles. The normalized spacial score (nSPS) is 11.5. The van der Waals surface area contributed by atoms with Crippen LogP contribution in [0.2, 0.25) is 0 Å².